The van der Waals surface area contributed by atoms with Crippen LogP contribution in [0.2, 0.25) is 0 Å². The quantitative estimate of drug-likeness (QED) is 0.806. The minimum Gasteiger partial charge on any atom is -0.439 e. The third kappa shape index (κ3) is 2.72. The van der Waals surface area contributed by atoms with Crippen molar-refractivity contribution in [3.05, 3.63) is 24.1 Å². The number of nitrogen functional groups attached to an aromatic ring is 1. The van der Waals surface area contributed by atoms with Gasteiger partial charge < -0.3 is 14.9 Å². The second kappa shape index (κ2) is 5.19. The molecule has 102 valence electrons. The van der Waals surface area contributed by atoms with Crippen LogP contribution < -0.4 is 5.73 Å². The van der Waals surface area contributed by atoms with Gasteiger partial charge in [-0.05, 0) is 25.0 Å². The van der Waals surface area contributed by atoms with E-state index in [-0.39, 0.29) is 0 Å². The molecule has 3 rings (SSSR count). The Hall–Kier alpha value is -1.59. The number of nitrogens with zero attached hydrogens (tertiary/aromatic N) is 2. The van der Waals surface area contributed by atoms with Crippen molar-refractivity contribution in [3.63, 3.8) is 0 Å². The summed E-state index contributed by atoms with van der Waals surface area (Å²) in [6.45, 7) is 2.37. The first kappa shape index (κ1) is 12.4. The fourth-order valence-corrected chi connectivity index (χ4v) is 2.30. The molecule has 1 fully saturated rings. The van der Waals surface area contributed by atoms with Crippen LogP contribution in [0.5, 0.6) is 0 Å². The lowest BCUT2D eigenvalue weighted by Crippen LogP contribution is -2.29. The molecule has 19 heavy (non-hydrogen) atoms. The van der Waals surface area contributed by atoms with E-state index >= 15 is 0 Å². The van der Waals surface area contributed by atoms with Crippen molar-refractivity contribution in [2.24, 2.45) is 0 Å². The molecule has 0 radical (unpaired) electrons. The van der Waals surface area contributed by atoms with Gasteiger partial charge in [0.15, 0.2) is 5.58 Å². The minimum atomic E-state index is 0.655. The highest BCUT2D eigenvalue weighted by Gasteiger charge is 2.29. The zero-order valence-corrected chi connectivity index (χ0v) is 11.1. The Kier molecular flexibility index (Phi) is 3.40. The summed E-state index contributed by atoms with van der Waals surface area (Å²) >= 11 is 0. The molecular weight excluding hydrogens is 242 g/mol. The van der Waals surface area contributed by atoms with Crippen LogP contribution in [0.1, 0.15) is 18.7 Å². The summed E-state index contributed by atoms with van der Waals surface area (Å²) in [6.07, 6.45) is 2.51. The van der Waals surface area contributed by atoms with E-state index in [0.29, 0.717) is 11.7 Å². The van der Waals surface area contributed by atoms with Crippen molar-refractivity contribution in [1.29, 1.82) is 0 Å². The molecule has 1 heterocycles. The van der Waals surface area contributed by atoms with Gasteiger partial charge in [0.1, 0.15) is 5.52 Å². The lowest BCUT2D eigenvalue weighted by molar-refractivity contribution is 0.134. The normalized spacial score (nSPS) is 15.5. The lowest BCUT2D eigenvalue weighted by Gasteiger charge is -2.19. The van der Waals surface area contributed by atoms with E-state index in [0.717, 1.165) is 36.7 Å². The Morgan fingerprint density at radius 2 is 2.32 bits per heavy atom. The van der Waals surface area contributed by atoms with Crippen LogP contribution >= 0.6 is 0 Å². The van der Waals surface area contributed by atoms with Gasteiger partial charge in [0.05, 0.1) is 18.8 Å². The van der Waals surface area contributed by atoms with E-state index in [2.05, 4.69) is 9.88 Å². The third-order valence-corrected chi connectivity index (χ3v) is 3.48. The summed E-state index contributed by atoms with van der Waals surface area (Å²) < 4.78 is 10.9. The number of fused-ring (bicyclic) bond motifs is 1. The van der Waals surface area contributed by atoms with E-state index < -0.39 is 0 Å². The number of anilines is 1. The molecule has 0 unspecified atom stereocenters. The lowest BCUT2D eigenvalue weighted by atomic mass is 10.3. The number of methoxy groups -OCH3 is 1. The topological polar surface area (TPSA) is 64.5 Å². The van der Waals surface area contributed by atoms with Gasteiger partial charge in [0.25, 0.3) is 0 Å². The van der Waals surface area contributed by atoms with Crippen molar-refractivity contribution in [2.75, 3.05) is 26.0 Å². The number of nitrogens with two attached hydrogens (primary N) is 1. The Labute approximate surface area is 112 Å². The molecule has 0 bridgehead atoms. The van der Waals surface area contributed by atoms with Gasteiger partial charge in [-0.3, -0.25) is 4.90 Å². The second-order valence-electron chi connectivity index (χ2n) is 5.00. The molecule has 2 aromatic rings. The van der Waals surface area contributed by atoms with Crippen molar-refractivity contribution in [1.82, 2.24) is 9.88 Å². The molecule has 0 aliphatic heterocycles. The average Bonchev–Trinajstić information content (AvgIpc) is 3.16. The predicted octanol–water partition coefficient (Wildman–Crippen LogP) is 2.02. The van der Waals surface area contributed by atoms with Gasteiger partial charge in [0.2, 0.25) is 5.89 Å². The third-order valence-electron chi connectivity index (χ3n) is 3.48. The molecule has 5 nitrogen and oxygen atoms in total. The Bertz CT molecular complexity index is 563. The first-order valence-electron chi connectivity index (χ1n) is 6.65. The molecule has 1 aliphatic rings. The summed E-state index contributed by atoms with van der Waals surface area (Å²) in [5.41, 5.74) is 8.09. The number of benzene rings is 1. The standard InChI is InChI=1S/C14H19N3O2/c1-18-8-7-17(10-5-6-10)9-13-16-14-11(15)3-2-4-12(14)19-13/h2-4,10H,5-9,15H2,1H3. The zero-order valence-electron chi connectivity index (χ0n) is 11.1. The number of rotatable bonds is 6. The summed E-state index contributed by atoms with van der Waals surface area (Å²) in [4.78, 5) is 6.86. The largest absolute Gasteiger partial charge is 0.439 e. The first-order valence-corrected chi connectivity index (χ1v) is 6.65. The molecule has 0 saturated heterocycles. The van der Waals surface area contributed by atoms with Crippen LogP contribution in [0.4, 0.5) is 5.69 Å². The molecule has 0 atom stereocenters. The van der Waals surface area contributed by atoms with Gasteiger partial charge in [0, 0.05) is 19.7 Å². The molecule has 2 N–H and O–H groups in total. The average molecular weight is 261 g/mol. The van der Waals surface area contributed by atoms with Crippen LogP contribution in [0.25, 0.3) is 11.1 Å². The smallest absolute Gasteiger partial charge is 0.209 e. The Balaban J connectivity index is 1.77. The van der Waals surface area contributed by atoms with E-state index in [1.165, 1.54) is 12.8 Å². The number of hydrogen-bond donors (Lipinski definition) is 1. The molecule has 1 saturated carbocycles. The van der Waals surface area contributed by atoms with Gasteiger partial charge >= 0.3 is 0 Å². The highest BCUT2D eigenvalue weighted by molar-refractivity contribution is 5.85. The maximum absolute atomic E-state index is 5.90. The van der Waals surface area contributed by atoms with Crippen molar-refractivity contribution in [2.45, 2.75) is 25.4 Å². The summed E-state index contributed by atoms with van der Waals surface area (Å²) in [5.74, 6) is 0.732. The maximum Gasteiger partial charge on any atom is 0.209 e. The SMILES string of the molecule is COCCN(Cc1nc2c(N)cccc2o1)C1CC1. The number of ether oxygens (including phenoxy) is 1. The fraction of sp³-hybridized carbons (Fsp3) is 0.500. The molecule has 5 heteroatoms. The highest BCUT2D eigenvalue weighted by atomic mass is 16.5. The molecule has 1 aliphatic carbocycles. The van der Waals surface area contributed by atoms with Crippen LogP contribution in [0, 0.1) is 0 Å². The van der Waals surface area contributed by atoms with E-state index in [1.807, 2.05) is 18.2 Å². The van der Waals surface area contributed by atoms with E-state index in [1.54, 1.807) is 7.11 Å². The molecular formula is C14H19N3O2. The van der Waals surface area contributed by atoms with Crippen molar-refractivity contribution < 1.29 is 9.15 Å². The summed E-state index contributed by atoms with van der Waals surface area (Å²) in [6, 6.07) is 6.29. The highest BCUT2D eigenvalue weighted by Crippen LogP contribution is 2.29. The number of hydrogen-bond acceptors (Lipinski definition) is 5. The Morgan fingerprint density at radius 3 is 3.00 bits per heavy atom. The molecule has 1 aromatic heterocycles. The maximum atomic E-state index is 5.90. The van der Waals surface area contributed by atoms with Crippen LogP contribution in [0.15, 0.2) is 22.6 Å². The second-order valence-corrected chi connectivity index (χ2v) is 5.00. The van der Waals surface area contributed by atoms with Crippen LogP contribution in [-0.2, 0) is 11.3 Å². The Morgan fingerprint density at radius 1 is 1.47 bits per heavy atom. The minimum absolute atomic E-state index is 0.655. The van der Waals surface area contributed by atoms with E-state index in [9.17, 15) is 0 Å². The van der Waals surface area contributed by atoms with E-state index in [4.69, 9.17) is 14.9 Å². The summed E-state index contributed by atoms with van der Waals surface area (Å²) in [5, 5.41) is 0. The van der Waals surface area contributed by atoms with Gasteiger partial charge in [-0.15, -0.1) is 0 Å². The molecule has 1 aromatic carbocycles. The predicted molar refractivity (Wildman–Crippen MR) is 73.7 cm³/mol. The van der Waals surface area contributed by atoms with Gasteiger partial charge in [-0.1, -0.05) is 6.07 Å². The molecule has 0 spiro atoms. The number of para-hydroxylation sites is 1. The first-order chi connectivity index (χ1) is 9.28. The van der Waals surface area contributed by atoms with Crippen molar-refractivity contribution >= 4 is 16.8 Å². The van der Waals surface area contributed by atoms with Crippen molar-refractivity contribution in [3.8, 4) is 0 Å². The van der Waals surface area contributed by atoms with Crippen LogP contribution in [0.3, 0.4) is 0 Å². The zero-order chi connectivity index (χ0) is 13.2. The van der Waals surface area contributed by atoms with Crippen LogP contribution in [-0.4, -0.2) is 36.2 Å². The van der Waals surface area contributed by atoms with Gasteiger partial charge in [-0.25, -0.2) is 4.98 Å². The monoisotopic (exact) mass is 261 g/mol. The molecule has 0 amide bonds. The fourth-order valence-electron chi connectivity index (χ4n) is 2.30. The number of oxazole rings is 1. The van der Waals surface area contributed by atoms with Gasteiger partial charge in [-0.2, -0.15) is 0 Å². The summed E-state index contributed by atoms with van der Waals surface area (Å²) in [7, 11) is 1.73. The number of aromatic nitrogens is 1.